The second-order valence-corrected chi connectivity index (χ2v) is 7.49. The van der Waals surface area contributed by atoms with Gasteiger partial charge in [0, 0.05) is 6.61 Å². The predicted molar refractivity (Wildman–Crippen MR) is 119 cm³/mol. The number of hydrogen-bond donors (Lipinski definition) is 0. The third kappa shape index (κ3) is 4.05. The predicted octanol–water partition coefficient (Wildman–Crippen LogP) is 5.52. The molecule has 3 aromatic rings. The molecule has 1 aliphatic heterocycles. The number of hydrogen-bond acceptors (Lipinski definition) is 4. The van der Waals surface area contributed by atoms with Gasteiger partial charge in [0.2, 0.25) is 0 Å². The van der Waals surface area contributed by atoms with Gasteiger partial charge in [-0.25, -0.2) is 0 Å². The van der Waals surface area contributed by atoms with Gasteiger partial charge in [0.1, 0.15) is 11.7 Å². The van der Waals surface area contributed by atoms with Crippen LogP contribution in [0.3, 0.4) is 0 Å². The first kappa shape index (κ1) is 20.4. The van der Waals surface area contributed by atoms with Gasteiger partial charge in [-0.1, -0.05) is 42.5 Å². The van der Waals surface area contributed by atoms with E-state index in [4.69, 9.17) is 14.2 Å². The van der Waals surface area contributed by atoms with Gasteiger partial charge in [0.25, 0.3) is 0 Å². The van der Waals surface area contributed by atoms with Crippen LogP contribution in [-0.2, 0) is 20.7 Å². The van der Waals surface area contributed by atoms with Gasteiger partial charge in [0.05, 0.1) is 19.8 Å². The molecule has 0 saturated heterocycles. The zero-order valence-electron chi connectivity index (χ0n) is 17.6. The Morgan fingerprint density at radius 2 is 1.93 bits per heavy atom. The molecule has 4 rings (SSSR count). The number of aryl methyl sites for hydroxylation is 1. The average molecular weight is 405 g/mol. The highest BCUT2D eigenvalue weighted by Gasteiger charge is 2.28. The number of carbonyl (C=O) groups excluding carboxylic acids is 1. The smallest absolute Gasteiger partial charge is 0.315 e. The van der Waals surface area contributed by atoms with Crippen LogP contribution >= 0.6 is 0 Å². The lowest BCUT2D eigenvalue weighted by molar-refractivity contribution is -0.146. The molecule has 3 aromatic carbocycles. The molecule has 0 bridgehead atoms. The maximum Gasteiger partial charge on any atom is 0.315 e. The Hall–Kier alpha value is -2.85. The summed E-state index contributed by atoms with van der Waals surface area (Å²) < 4.78 is 17.0. The molecule has 0 radical (unpaired) electrons. The Morgan fingerprint density at radius 1 is 1.07 bits per heavy atom. The van der Waals surface area contributed by atoms with Crippen LogP contribution in [0.15, 0.2) is 54.6 Å². The highest BCUT2D eigenvalue weighted by atomic mass is 16.5. The van der Waals surface area contributed by atoms with E-state index in [1.54, 1.807) is 0 Å². The van der Waals surface area contributed by atoms with E-state index < -0.39 is 5.92 Å². The number of benzene rings is 3. The molecule has 0 aromatic heterocycles. The van der Waals surface area contributed by atoms with Gasteiger partial charge in [-0.05, 0) is 71.8 Å². The molecule has 4 nitrogen and oxygen atoms in total. The fraction of sp³-hybridized carbons (Fsp3) is 0.346. The minimum Gasteiger partial charge on any atom is -0.493 e. The van der Waals surface area contributed by atoms with E-state index in [2.05, 4.69) is 36.4 Å². The normalized spacial score (nSPS) is 14.1. The Labute approximate surface area is 177 Å². The van der Waals surface area contributed by atoms with E-state index in [0.717, 1.165) is 52.7 Å². The molecule has 1 atom stereocenters. The molecular weight excluding hydrogens is 376 g/mol. The summed E-state index contributed by atoms with van der Waals surface area (Å²) in [4.78, 5) is 13.0. The molecule has 1 unspecified atom stereocenters. The highest BCUT2D eigenvalue weighted by Crippen LogP contribution is 2.38. The number of fused-ring (bicyclic) bond motifs is 2. The molecule has 0 N–H and O–H groups in total. The monoisotopic (exact) mass is 404 g/mol. The van der Waals surface area contributed by atoms with Crippen molar-refractivity contribution < 1.29 is 19.0 Å². The first-order chi connectivity index (χ1) is 14.7. The second kappa shape index (κ2) is 9.31. The van der Waals surface area contributed by atoms with Crippen LogP contribution in [0.4, 0.5) is 0 Å². The van der Waals surface area contributed by atoms with Crippen molar-refractivity contribution in [2.24, 2.45) is 0 Å². The summed E-state index contributed by atoms with van der Waals surface area (Å²) in [6.45, 7) is 5.74. The van der Waals surface area contributed by atoms with Gasteiger partial charge >= 0.3 is 5.97 Å². The fourth-order valence-electron chi connectivity index (χ4n) is 4.20. The maximum absolute atomic E-state index is 13.0. The van der Waals surface area contributed by atoms with E-state index >= 15 is 0 Å². The number of ether oxygens (including phenoxy) is 3. The summed E-state index contributed by atoms with van der Waals surface area (Å²) in [6.07, 6.45) is 2.03. The first-order valence-electron chi connectivity index (χ1n) is 10.7. The zero-order chi connectivity index (χ0) is 20.9. The van der Waals surface area contributed by atoms with Gasteiger partial charge < -0.3 is 14.2 Å². The Balaban J connectivity index is 1.90. The van der Waals surface area contributed by atoms with Crippen molar-refractivity contribution in [2.45, 2.75) is 32.6 Å². The van der Waals surface area contributed by atoms with Crippen molar-refractivity contribution in [1.29, 1.82) is 0 Å². The van der Waals surface area contributed by atoms with Gasteiger partial charge in [-0.15, -0.1) is 0 Å². The highest BCUT2D eigenvalue weighted by molar-refractivity contribution is 5.97. The van der Waals surface area contributed by atoms with Crippen molar-refractivity contribution in [3.05, 3.63) is 65.7 Å². The zero-order valence-corrected chi connectivity index (χ0v) is 17.6. The van der Waals surface area contributed by atoms with Crippen LogP contribution in [0.5, 0.6) is 5.75 Å². The minimum absolute atomic E-state index is 0.246. The first-order valence-corrected chi connectivity index (χ1v) is 10.7. The van der Waals surface area contributed by atoms with Crippen molar-refractivity contribution in [2.75, 3.05) is 26.4 Å². The third-order valence-electron chi connectivity index (χ3n) is 5.60. The van der Waals surface area contributed by atoms with Crippen LogP contribution in [0.1, 0.15) is 37.3 Å². The molecule has 156 valence electrons. The van der Waals surface area contributed by atoms with Crippen molar-refractivity contribution in [3.8, 4) is 16.9 Å². The lowest BCUT2D eigenvalue weighted by atomic mass is 9.85. The summed E-state index contributed by atoms with van der Waals surface area (Å²) in [5.41, 5.74) is 4.32. The lowest BCUT2D eigenvalue weighted by Gasteiger charge is -2.23. The van der Waals surface area contributed by atoms with E-state index in [0.29, 0.717) is 19.8 Å². The van der Waals surface area contributed by atoms with Gasteiger partial charge in [-0.2, -0.15) is 0 Å². The van der Waals surface area contributed by atoms with Crippen molar-refractivity contribution >= 4 is 16.7 Å². The quantitative estimate of drug-likeness (QED) is 0.487. The van der Waals surface area contributed by atoms with Gasteiger partial charge in [0.15, 0.2) is 0 Å². The van der Waals surface area contributed by atoms with Crippen LogP contribution in [0.2, 0.25) is 0 Å². The summed E-state index contributed by atoms with van der Waals surface area (Å²) in [5.74, 6) is 0.228. The summed E-state index contributed by atoms with van der Waals surface area (Å²) in [6, 6.07) is 18.7. The molecular formula is C26H28O4. The standard InChI is InChI=1S/C26H28O4/c1-3-28-17-23(26(27)29-4-2)25-21-10-6-5-8-18(21)11-13-22(25)19-12-14-24-20(16-19)9-7-15-30-24/h5-6,8,10-14,16,23H,3-4,7,9,15,17H2,1-2H3. The molecule has 0 saturated carbocycles. The second-order valence-electron chi connectivity index (χ2n) is 7.49. The summed E-state index contributed by atoms with van der Waals surface area (Å²) >= 11 is 0. The molecule has 0 fully saturated rings. The van der Waals surface area contributed by atoms with E-state index in [1.807, 2.05) is 32.0 Å². The number of carbonyl (C=O) groups is 1. The SMILES string of the molecule is CCOCC(C(=O)OCC)c1c(-c2ccc3c(c2)CCCO3)ccc2ccccc12. The molecule has 0 amide bonds. The Bertz CT molecular complexity index is 1040. The summed E-state index contributed by atoms with van der Waals surface area (Å²) in [5, 5.41) is 2.16. The maximum atomic E-state index is 13.0. The van der Waals surface area contributed by atoms with E-state index in [-0.39, 0.29) is 5.97 Å². The lowest BCUT2D eigenvalue weighted by Crippen LogP contribution is -2.22. The average Bonchev–Trinajstić information content (AvgIpc) is 2.79. The van der Waals surface area contributed by atoms with Crippen molar-refractivity contribution in [3.63, 3.8) is 0 Å². The Kier molecular flexibility index (Phi) is 6.34. The summed E-state index contributed by atoms with van der Waals surface area (Å²) in [7, 11) is 0. The molecule has 30 heavy (non-hydrogen) atoms. The van der Waals surface area contributed by atoms with Crippen LogP contribution in [0.25, 0.3) is 21.9 Å². The van der Waals surface area contributed by atoms with E-state index in [1.165, 1.54) is 5.56 Å². The minimum atomic E-state index is -0.488. The molecule has 0 spiro atoms. The molecule has 4 heteroatoms. The van der Waals surface area contributed by atoms with Crippen LogP contribution in [-0.4, -0.2) is 32.4 Å². The number of rotatable bonds is 7. The van der Waals surface area contributed by atoms with Crippen LogP contribution < -0.4 is 4.74 Å². The van der Waals surface area contributed by atoms with E-state index in [9.17, 15) is 4.79 Å². The van der Waals surface area contributed by atoms with Gasteiger partial charge in [-0.3, -0.25) is 4.79 Å². The Morgan fingerprint density at radius 3 is 2.77 bits per heavy atom. The number of esters is 1. The molecule has 1 aliphatic rings. The molecule has 0 aliphatic carbocycles. The third-order valence-corrected chi connectivity index (χ3v) is 5.60. The fourth-order valence-corrected chi connectivity index (χ4v) is 4.20. The molecule has 1 heterocycles. The van der Waals surface area contributed by atoms with Crippen LogP contribution in [0, 0.1) is 0 Å². The topological polar surface area (TPSA) is 44.8 Å². The largest absolute Gasteiger partial charge is 0.493 e. The van der Waals surface area contributed by atoms with Crippen molar-refractivity contribution in [1.82, 2.24) is 0 Å².